The van der Waals surface area contributed by atoms with Crippen molar-refractivity contribution in [1.82, 2.24) is 145 Å². The van der Waals surface area contributed by atoms with Crippen molar-refractivity contribution in [3.63, 3.8) is 0 Å². The number of aryl methyl sites for hydroxylation is 6. The average Bonchev–Trinajstić information content (AvgIpc) is 1.70. The van der Waals surface area contributed by atoms with Gasteiger partial charge in [-0.25, -0.2) is 49.8 Å². The summed E-state index contributed by atoms with van der Waals surface area (Å²) in [7, 11) is 7.79. The molecular formula is C103H108ClN33O6. The number of rotatable bonds is 13. The molecule has 0 aliphatic carbocycles. The largest absolute Gasteiger partial charge is 0.395 e. The summed E-state index contributed by atoms with van der Waals surface area (Å²) in [5.41, 5.74) is 18.8. The summed E-state index contributed by atoms with van der Waals surface area (Å²) in [5.74, 6) is 3.17. The molecule has 3 aromatic carbocycles. The number of imidazole rings is 2. The van der Waals surface area contributed by atoms with E-state index in [1.165, 1.54) is 0 Å². The van der Waals surface area contributed by atoms with Gasteiger partial charge in [0.2, 0.25) is 0 Å². The fourth-order valence-corrected chi connectivity index (χ4v) is 19.7. The van der Waals surface area contributed by atoms with E-state index in [1.807, 2.05) is 167 Å². The van der Waals surface area contributed by atoms with Crippen LogP contribution in [-0.2, 0) is 21.1 Å². The quantitative estimate of drug-likeness (QED) is 0.0967. The number of nitrogens with zero attached hydrogens (tertiary/aromatic N) is 31. The Morgan fingerprint density at radius 3 is 1.07 bits per heavy atom. The second-order valence-electron chi connectivity index (χ2n) is 37.2. The lowest BCUT2D eigenvalue weighted by Gasteiger charge is -2.34. The molecule has 0 bridgehead atoms. The van der Waals surface area contributed by atoms with Crippen molar-refractivity contribution in [2.75, 3.05) is 146 Å². The molecule has 0 radical (unpaired) electrons. The number of likely N-dealkylation sites (N-methyl/N-ethyl adjacent to an activating group) is 2. The number of piperazine rings is 3. The molecule has 728 valence electrons. The first kappa shape index (κ1) is 93.6. The monoisotopic (exact) mass is 1940 g/mol. The number of pyridine rings is 2. The van der Waals surface area contributed by atoms with Crippen LogP contribution in [0.4, 0.5) is 17.5 Å². The minimum Gasteiger partial charge on any atom is -0.395 e. The first-order valence-corrected chi connectivity index (χ1v) is 48.6. The van der Waals surface area contributed by atoms with Crippen molar-refractivity contribution in [3.8, 4) is 56.3 Å². The Morgan fingerprint density at radius 2 is 0.692 bits per heavy atom. The first-order chi connectivity index (χ1) is 69.4. The summed E-state index contributed by atoms with van der Waals surface area (Å²) in [5, 5.41) is 32.5. The lowest BCUT2D eigenvalue weighted by molar-refractivity contribution is 0.188. The van der Waals surface area contributed by atoms with E-state index in [1.54, 1.807) is 122 Å². The van der Waals surface area contributed by atoms with Crippen LogP contribution in [0.15, 0.2) is 226 Å². The average molecular weight is 1940 g/mol. The summed E-state index contributed by atoms with van der Waals surface area (Å²) in [4.78, 5) is 133. The number of aliphatic hydroxyl groups excluding tert-OH is 1. The van der Waals surface area contributed by atoms with Crippen LogP contribution in [0.5, 0.6) is 0 Å². The molecule has 22 heterocycles. The molecule has 20 aromatic rings. The van der Waals surface area contributed by atoms with Gasteiger partial charge in [-0.15, -0.1) is 0 Å². The van der Waals surface area contributed by atoms with Crippen molar-refractivity contribution in [1.29, 1.82) is 0 Å². The molecule has 39 nitrogen and oxygen atoms in total. The van der Waals surface area contributed by atoms with E-state index in [9.17, 15) is 24.0 Å². The summed E-state index contributed by atoms with van der Waals surface area (Å²) in [6.45, 7) is 24.9. The highest BCUT2D eigenvalue weighted by molar-refractivity contribution is 6.33. The number of piperidine rings is 2. The van der Waals surface area contributed by atoms with Gasteiger partial charge < -0.3 is 49.0 Å². The van der Waals surface area contributed by atoms with Gasteiger partial charge in [0, 0.05) is 248 Å². The molecule has 17 aromatic heterocycles. The zero-order chi connectivity index (χ0) is 98.4. The number of nitrogens with one attached hydrogen (secondary N) is 2. The van der Waals surface area contributed by atoms with Gasteiger partial charge in [-0.3, -0.25) is 74.9 Å². The smallest absolute Gasteiger partial charge is 0.258 e. The molecule has 5 aliphatic heterocycles. The summed E-state index contributed by atoms with van der Waals surface area (Å²) in [6, 6.07) is 29.4. The minimum absolute atomic E-state index is 0.0860. The van der Waals surface area contributed by atoms with Gasteiger partial charge in [-0.2, -0.15) is 15.3 Å². The molecule has 0 spiro atoms. The second-order valence-corrected chi connectivity index (χ2v) is 37.6. The predicted octanol–water partition coefficient (Wildman–Crippen LogP) is 9.26. The Hall–Kier alpha value is -15.7. The number of benzene rings is 3. The molecular weight excluding hydrogens is 1830 g/mol. The third kappa shape index (κ3) is 20.2. The number of hydrogen-bond donors (Lipinski definition) is 3. The lowest BCUT2D eigenvalue weighted by Crippen LogP contribution is -2.47. The van der Waals surface area contributed by atoms with E-state index in [-0.39, 0.29) is 34.4 Å². The van der Waals surface area contributed by atoms with E-state index in [0.717, 1.165) is 249 Å². The molecule has 0 amide bonds. The Morgan fingerprint density at radius 1 is 0.357 bits per heavy atom. The van der Waals surface area contributed by atoms with Gasteiger partial charge in [0.05, 0.1) is 129 Å². The number of fused-ring (bicyclic) bond motifs is 10. The fraction of sp³-hybridized carbons (Fsp3) is 0.320. The van der Waals surface area contributed by atoms with Gasteiger partial charge in [-0.05, 0) is 140 Å². The fourth-order valence-electron chi connectivity index (χ4n) is 19.4. The Balaban J connectivity index is 0.000000106. The number of aliphatic hydroxyl groups is 1. The summed E-state index contributed by atoms with van der Waals surface area (Å²) >= 11 is 6.38. The zero-order valence-corrected chi connectivity index (χ0v) is 81.5. The van der Waals surface area contributed by atoms with Crippen LogP contribution in [0.3, 0.4) is 0 Å². The molecule has 0 atom stereocenters. The molecule has 5 saturated heterocycles. The van der Waals surface area contributed by atoms with Crippen molar-refractivity contribution in [3.05, 3.63) is 288 Å². The first-order valence-electron chi connectivity index (χ1n) is 48.2. The highest BCUT2D eigenvalue weighted by Crippen LogP contribution is 2.32. The van der Waals surface area contributed by atoms with E-state index < -0.39 is 0 Å². The lowest BCUT2D eigenvalue weighted by atomic mass is 9.95. The van der Waals surface area contributed by atoms with Crippen molar-refractivity contribution in [2.45, 2.75) is 65.2 Å². The number of aromatic nitrogens is 25. The number of β-amino-alcohol motifs (C(OH)–C–C–N with tert-alkyl or cyclic N) is 1. The Bertz CT molecular complexity index is 8360. The van der Waals surface area contributed by atoms with Crippen LogP contribution in [0.25, 0.3) is 129 Å². The molecule has 5 aliphatic rings. The molecule has 0 saturated carbocycles. The van der Waals surface area contributed by atoms with Gasteiger partial charge in [0.15, 0.2) is 33.9 Å². The number of anilines is 3. The minimum atomic E-state index is -0.135. The predicted molar refractivity (Wildman–Crippen MR) is 552 cm³/mol. The highest BCUT2D eigenvalue weighted by atomic mass is 35.5. The zero-order valence-electron chi connectivity index (χ0n) is 80.7. The number of hydrogen-bond acceptors (Lipinski definition) is 29. The Kier molecular flexibility index (Phi) is 26.3. The van der Waals surface area contributed by atoms with Crippen LogP contribution >= 0.6 is 11.6 Å². The molecule has 40 heteroatoms. The van der Waals surface area contributed by atoms with Gasteiger partial charge in [0.25, 0.3) is 27.8 Å². The molecule has 0 unspecified atom stereocenters. The van der Waals surface area contributed by atoms with E-state index in [0.29, 0.717) is 85.8 Å². The normalized spacial score (nSPS) is 15.5. The standard InChI is InChI=1S/C21H23N7O2.C21H23N7O.C21H22N6O.C20H19ClN6O.C20H21N7O/c1-25-13-16-10-15(2-3-17(16)24-25)18-11-21(30)28-14-20(22-12-19(28)23-18)27-6-4-26(5-7-27)8-9-29;1-3-26-6-8-27(9-7-26)20-14-28-19(12-22-20)23-18(11-21(28)29)15-4-5-17-16(10-15)13-25(2)24-17;1-13-7-16(11-26-10-14(2)24-21(13)26)17-8-20(28)27-12-18(23-9-19(27)25-17)15-3-5-22-6-4-15;1-12-9-26-10-14(6-15(21)20(26)24-12)16-7-19(28)27-11-17(23-8-18(27)25-16)13-2-4-22-5-3-13;1-24-5-7-26(8-6-24)19-13-27-18(11-21-19)22-17(10-20(27)28)14-3-4-16-15(9-14)12-25(2)23-16/h2-3,10-14,29H,4-9H2,1H3;4-5,10-14H,3,6-9H2,1-2H3;7-12,15,22H,3-6H2,1-2H3;6-11,13,22H,2-5H2,1H3;3-4,9-13H,5-8H2,1-2H3. The molecule has 5 fully saturated rings. The van der Waals surface area contributed by atoms with Crippen LogP contribution < -0.4 is 53.1 Å². The van der Waals surface area contributed by atoms with Crippen molar-refractivity contribution >= 4 is 101 Å². The second kappa shape index (κ2) is 40.2. The third-order valence-electron chi connectivity index (χ3n) is 27.2. The van der Waals surface area contributed by atoms with Crippen molar-refractivity contribution in [2.24, 2.45) is 21.1 Å². The maximum atomic E-state index is 12.8. The van der Waals surface area contributed by atoms with E-state index in [2.05, 4.69) is 124 Å². The van der Waals surface area contributed by atoms with Crippen molar-refractivity contribution < 1.29 is 5.11 Å². The SMILES string of the molecule is CCN1CCN(c2cn3c(=O)cc(-c4ccc5nn(C)cc5c4)nc3cn2)CC1.CN1CCN(c2cn3c(=O)cc(-c4ccc5nn(C)cc5c4)nc3cn2)CC1.Cc1cn2cc(-c3cc(=O)n4cc(C5CCNCC5)ncc4n3)cc(C)c2n1.Cc1cn2cc(-c3cc(=O)n4cc(C5CCNCC5)ncc4n3)cc(Cl)c2n1.Cn1cc2cc(-c3cc(=O)n4cc(N5CCN(CCO)CC5)ncc4n3)ccc2n1. The summed E-state index contributed by atoms with van der Waals surface area (Å²) < 4.78 is 17.1. The maximum Gasteiger partial charge on any atom is 0.258 e. The molecule has 143 heavy (non-hydrogen) atoms. The van der Waals surface area contributed by atoms with Gasteiger partial charge >= 0.3 is 0 Å². The summed E-state index contributed by atoms with van der Waals surface area (Å²) in [6.07, 6.45) is 35.2. The van der Waals surface area contributed by atoms with E-state index >= 15 is 0 Å². The number of halogens is 1. The van der Waals surface area contributed by atoms with E-state index in [4.69, 9.17) is 21.7 Å². The van der Waals surface area contributed by atoms with Crippen LogP contribution in [-0.4, -0.2) is 271 Å². The van der Waals surface area contributed by atoms with Crippen LogP contribution in [0.2, 0.25) is 5.02 Å². The maximum absolute atomic E-state index is 12.8. The highest BCUT2D eigenvalue weighted by Gasteiger charge is 2.26. The van der Waals surface area contributed by atoms with Crippen LogP contribution in [0.1, 0.15) is 72.8 Å². The topological polar surface area (TPSA) is 388 Å². The molecule has 3 N–H and O–H groups in total. The Labute approximate surface area is 823 Å². The van der Waals surface area contributed by atoms with Gasteiger partial charge in [-0.1, -0.05) is 36.7 Å². The third-order valence-corrected chi connectivity index (χ3v) is 27.4. The molecule has 25 rings (SSSR count). The van der Waals surface area contributed by atoms with Gasteiger partial charge in [0.1, 0.15) is 23.1 Å². The van der Waals surface area contributed by atoms with Crippen LogP contribution in [0, 0.1) is 20.8 Å².